The first-order valence-electron chi connectivity index (χ1n) is 7.18. The number of aliphatic carboxylic acids is 1. The molecule has 1 N–H and O–H groups in total. The maximum Gasteiger partial charge on any atom is 0.307 e. The van der Waals surface area contributed by atoms with Gasteiger partial charge in [0.15, 0.2) is 0 Å². The first-order valence-corrected chi connectivity index (χ1v) is 7.18. The minimum atomic E-state index is -0.851. The molecule has 2 rings (SSSR count). The molecule has 5 nitrogen and oxygen atoms in total. The van der Waals surface area contributed by atoms with Gasteiger partial charge in [-0.05, 0) is 32.1 Å². The Morgan fingerprint density at radius 3 is 2.40 bits per heavy atom. The number of fused-ring (bicyclic) bond motifs is 2. The molecular weight excluding hydrogens is 258 g/mol. The number of nitrogens with zero attached hydrogens (tertiary/aromatic N) is 1. The summed E-state index contributed by atoms with van der Waals surface area (Å²) in [4.78, 5) is 26.0. The number of carbonyl (C=O) groups excluding carboxylic acids is 1. The van der Waals surface area contributed by atoms with E-state index in [1.54, 1.807) is 12.0 Å². The van der Waals surface area contributed by atoms with Crippen LogP contribution in [-0.4, -0.2) is 48.2 Å². The number of ether oxygens (including phenoxy) is 1. The third-order valence-corrected chi connectivity index (χ3v) is 4.47. The number of carboxylic acids is 1. The summed E-state index contributed by atoms with van der Waals surface area (Å²) in [5, 5.41) is 9.42. The van der Waals surface area contributed by atoms with Crippen LogP contribution in [0, 0.1) is 23.7 Å². The van der Waals surface area contributed by atoms with Crippen molar-refractivity contribution in [3.8, 4) is 0 Å². The molecule has 5 heteroatoms. The fourth-order valence-corrected chi connectivity index (χ4v) is 3.50. The Labute approximate surface area is 119 Å². The van der Waals surface area contributed by atoms with Gasteiger partial charge in [-0.25, -0.2) is 0 Å². The molecule has 2 unspecified atom stereocenters. The van der Waals surface area contributed by atoms with Crippen LogP contribution < -0.4 is 0 Å². The molecule has 0 radical (unpaired) electrons. The van der Waals surface area contributed by atoms with Crippen LogP contribution in [0.5, 0.6) is 0 Å². The Bertz CT molecular complexity index is 418. The first kappa shape index (κ1) is 15.0. The van der Waals surface area contributed by atoms with E-state index in [1.807, 2.05) is 26.0 Å². The van der Waals surface area contributed by atoms with E-state index in [2.05, 4.69) is 0 Å². The molecule has 0 aliphatic heterocycles. The molecule has 2 aliphatic carbocycles. The highest BCUT2D eigenvalue weighted by atomic mass is 16.5. The summed E-state index contributed by atoms with van der Waals surface area (Å²) in [6, 6.07) is 0.0511. The Balaban J connectivity index is 2.17. The average Bonchev–Trinajstić information content (AvgIpc) is 2.98. The lowest BCUT2D eigenvalue weighted by Crippen LogP contribution is -2.47. The van der Waals surface area contributed by atoms with Gasteiger partial charge in [0.25, 0.3) is 0 Å². The summed E-state index contributed by atoms with van der Waals surface area (Å²) in [6.45, 7) is 4.88. The molecule has 0 aromatic heterocycles. The van der Waals surface area contributed by atoms with Crippen molar-refractivity contribution in [1.82, 2.24) is 4.90 Å². The Morgan fingerprint density at radius 2 is 1.90 bits per heavy atom. The zero-order valence-electron chi connectivity index (χ0n) is 12.3. The maximum absolute atomic E-state index is 12.8. The number of hydrogen-bond acceptors (Lipinski definition) is 3. The normalized spacial score (nSPS) is 31.0. The summed E-state index contributed by atoms with van der Waals surface area (Å²) in [5.74, 6) is -1.78. The topological polar surface area (TPSA) is 66.8 Å². The van der Waals surface area contributed by atoms with Crippen molar-refractivity contribution >= 4 is 11.9 Å². The van der Waals surface area contributed by atoms with Gasteiger partial charge in [-0.15, -0.1) is 0 Å². The number of carbonyl (C=O) groups is 2. The predicted molar refractivity (Wildman–Crippen MR) is 74.1 cm³/mol. The number of rotatable bonds is 6. The van der Waals surface area contributed by atoms with Crippen LogP contribution in [-0.2, 0) is 14.3 Å². The zero-order valence-corrected chi connectivity index (χ0v) is 12.3. The minimum absolute atomic E-state index is 0.0166. The van der Waals surface area contributed by atoms with Gasteiger partial charge in [-0.3, -0.25) is 9.59 Å². The zero-order chi connectivity index (χ0) is 14.9. The maximum atomic E-state index is 12.8. The highest BCUT2D eigenvalue weighted by Gasteiger charge is 2.52. The van der Waals surface area contributed by atoms with Gasteiger partial charge in [0.2, 0.25) is 5.91 Å². The number of carboxylic acid groups (broad SMARTS) is 1. The molecule has 0 heterocycles. The van der Waals surface area contributed by atoms with Gasteiger partial charge in [0.1, 0.15) is 0 Å². The summed E-state index contributed by atoms with van der Waals surface area (Å²) < 4.78 is 5.05. The van der Waals surface area contributed by atoms with E-state index >= 15 is 0 Å². The van der Waals surface area contributed by atoms with Gasteiger partial charge >= 0.3 is 5.97 Å². The molecule has 1 saturated carbocycles. The van der Waals surface area contributed by atoms with E-state index in [9.17, 15) is 14.7 Å². The van der Waals surface area contributed by atoms with Crippen LogP contribution in [0.4, 0.5) is 0 Å². The molecule has 1 fully saturated rings. The third kappa shape index (κ3) is 2.59. The standard InChI is InChI=1S/C15H23NO4/c1-9(2)16(6-7-20-3)14(17)12-10-4-5-11(8-10)13(12)15(18)19/h4-5,9-13H,6-8H2,1-3H3,(H,18,19)/t10?,11?,12-,13+/m0/s1. The fourth-order valence-electron chi connectivity index (χ4n) is 3.50. The summed E-state index contributed by atoms with van der Waals surface area (Å²) in [7, 11) is 1.60. The molecule has 20 heavy (non-hydrogen) atoms. The van der Waals surface area contributed by atoms with Crippen molar-refractivity contribution in [3.05, 3.63) is 12.2 Å². The van der Waals surface area contributed by atoms with E-state index in [4.69, 9.17) is 4.74 Å². The van der Waals surface area contributed by atoms with Gasteiger partial charge in [0.05, 0.1) is 18.4 Å². The van der Waals surface area contributed by atoms with E-state index < -0.39 is 17.8 Å². The van der Waals surface area contributed by atoms with E-state index in [1.165, 1.54) is 0 Å². The van der Waals surface area contributed by atoms with Crippen LogP contribution in [0.3, 0.4) is 0 Å². The highest BCUT2D eigenvalue weighted by Crippen LogP contribution is 2.48. The molecule has 112 valence electrons. The van der Waals surface area contributed by atoms with Crippen molar-refractivity contribution in [2.24, 2.45) is 23.7 Å². The SMILES string of the molecule is COCCN(C(=O)[C@H]1C2C=CC(C2)[C@H]1C(=O)O)C(C)C. The quantitative estimate of drug-likeness (QED) is 0.747. The summed E-state index contributed by atoms with van der Waals surface area (Å²) in [6.07, 6.45) is 4.77. The number of amides is 1. The fraction of sp³-hybridized carbons (Fsp3) is 0.733. The molecule has 2 bridgehead atoms. The number of methoxy groups -OCH3 is 1. The second-order valence-electron chi connectivity index (χ2n) is 5.96. The average molecular weight is 281 g/mol. The summed E-state index contributed by atoms with van der Waals surface area (Å²) in [5.41, 5.74) is 0. The largest absolute Gasteiger partial charge is 0.481 e. The lowest BCUT2D eigenvalue weighted by molar-refractivity contribution is -0.152. The third-order valence-electron chi connectivity index (χ3n) is 4.47. The molecule has 0 aromatic carbocycles. The second kappa shape index (κ2) is 5.95. The van der Waals surface area contributed by atoms with Crippen LogP contribution in [0.15, 0.2) is 12.2 Å². The molecule has 1 amide bonds. The second-order valence-corrected chi connectivity index (χ2v) is 5.96. The van der Waals surface area contributed by atoms with Crippen molar-refractivity contribution in [1.29, 1.82) is 0 Å². The summed E-state index contributed by atoms with van der Waals surface area (Å²) >= 11 is 0. The van der Waals surface area contributed by atoms with Gasteiger partial charge < -0.3 is 14.7 Å². The van der Waals surface area contributed by atoms with Crippen molar-refractivity contribution in [3.63, 3.8) is 0 Å². The van der Waals surface area contributed by atoms with Crippen LogP contribution in [0.1, 0.15) is 20.3 Å². The van der Waals surface area contributed by atoms with E-state index in [-0.39, 0.29) is 23.8 Å². The lowest BCUT2D eigenvalue weighted by Gasteiger charge is -2.33. The number of hydrogen-bond donors (Lipinski definition) is 1. The van der Waals surface area contributed by atoms with Crippen molar-refractivity contribution in [2.75, 3.05) is 20.3 Å². The van der Waals surface area contributed by atoms with Crippen LogP contribution in [0.25, 0.3) is 0 Å². The van der Waals surface area contributed by atoms with Crippen LogP contribution in [0.2, 0.25) is 0 Å². The Kier molecular flexibility index (Phi) is 4.48. The molecule has 2 aliphatic rings. The van der Waals surface area contributed by atoms with Gasteiger partial charge in [0, 0.05) is 19.7 Å². The molecule has 0 aromatic rings. The van der Waals surface area contributed by atoms with Gasteiger partial charge in [-0.1, -0.05) is 12.2 Å². The van der Waals surface area contributed by atoms with Crippen molar-refractivity contribution in [2.45, 2.75) is 26.3 Å². The van der Waals surface area contributed by atoms with Gasteiger partial charge in [-0.2, -0.15) is 0 Å². The molecule has 0 saturated heterocycles. The smallest absolute Gasteiger partial charge is 0.307 e. The molecular formula is C15H23NO4. The first-order chi connectivity index (χ1) is 9.47. The Morgan fingerprint density at radius 1 is 1.30 bits per heavy atom. The van der Waals surface area contributed by atoms with Crippen LogP contribution >= 0.6 is 0 Å². The Hall–Kier alpha value is -1.36. The minimum Gasteiger partial charge on any atom is -0.481 e. The monoisotopic (exact) mass is 281 g/mol. The lowest BCUT2D eigenvalue weighted by atomic mass is 9.82. The number of allylic oxidation sites excluding steroid dienone is 2. The van der Waals surface area contributed by atoms with E-state index in [0.29, 0.717) is 13.2 Å². The highest BCUT2D eigenvalue weighted by molar-refractivity contribution is 5.87. The van der Waals surface area contributed by atoms with Crippen molar-refractivity contribution < 1.29 is 19.4 Å². The molecule has 0 spiro atoms. The van der Waals surface area contributed by atoms with E-state index in [0.717, 1.165) is 6.42 Å². The predicted octanol–water partition coefficient (Wildman–Crippen LogP) is 1.39. The molecule has 4 atom stereocenters.